The van der Waals surface area contributed by atoms with Crippen molar-refractivity contribution in [2.24, 2.45) is 0 Å². The van der Waals surface area contributed by atoms with E-state index in [0.717, 1.165) is 17.5 Å². The monoisotopic (exact) mass is 550 g/mol. The van der Waals surface area contributed by atoms with Gasteiger partial charge < -0.3 is 30.3 Å². The fourth-order valence-electron chi connectivity index (χ4n) is 5.69. The Kier molecular flexibility index (Phi) is 10.5. The second-order valence-electron chi connectivity index (χ2n) is 10.8. The molecule has 2 aliphatic heterocycles. The predicted octanol–water partition coefficient (Wildman–Crippen LogP) is 3.39. The Morgan fingerprint density at radius 1 is 1.07 bits per heavy atom. The molecule has 2 aromatic carbocycles. The molecule has 0 aromatic heterocycles. The van der Waals surface area contributed by atoms with E-state index in [2.05, 4.69) is 15.5 Å². The lowest BCUT2D eigenvalue weighted by Gasteiger charge is -2.51. The Balaban J connectivity index is 1.22. The fourth-order valence-corrected chi connectivity index (χ4v) is 5.69. The van der Waals surface area contributed by atoms with Crippen LogP contribution in [0.25, 0.3) is 0 Å². The van der Waals surface area contributed by atoms with E-state index in [4.69, 9.17) is 4.74 Å². The largest absolute Gasteiger partial charge is 0.445 e. The van der Waals surface area contributed by atoms with Gasteiger partial charge >= 0.3 is 6.09 Å². The highest BCUT2D eigenvalue weighted by Gasteiger charge is 2.53. The normalized spacial score (nSPS) is 19.8. The first-order chi connectivity index (χ1) is 19.4. The molecule has 4 rings (SSSR count). The van der Waals surface area contributed by atoms with E-state index in [1.807, 2.05) is 72.5 Å². The maximum absolute atomic E-state index is 13.5. The number of nitrogens with one attached hydrogen (secondary N) is 2. The molecule has 2 aromatic rings. The smallest absolute Gasteiger partial charge is 0.407 e. The molecule has 0 saturated carbocycles. The lowest BCUT2D eigenvalue weighted by molar-refractivity contribution is -0.161. The molecule has 2 saturated heterocycles. The van der Waals surface area contributed by atoms with Crippen LogP contribution in [0, 0.1) is 0 Å². The number of amides is 3. The van der Waals surface area contributed by atoms with Gasteiger partial charge in [0.1, 0.15) is 18.2 Å². The predicted molar refractivity (Wildman–Crippen MR) is 152 cm³/mol. The number of alkyl carbamates (subject to hydrolysis) is 1. The molecule has 9 heteroatoms. The average molecular weight is 551 g/mol. The molecule has 2 aliphatic rings. The van der Waals surface area contributed by atoms with Gasteiger partial charge in [0.15, 0.2) is 0 Å². The molecular weight excluding hydrogens is 508 g/mol. The van der Waals surface area contributed by atoms with Crippen LogP contribution in [0.3, 0.4) is 0 Å². The zero-order chi connectivity index (χ0) is 28.4. The van der Waals surface area contributed by atoms with Crippen LogP contribution in [-0.4, -0.2) is 77.1 Å². The maximum atomic E-state index is 13.5. The van der Waals surface area contributed by atoms with Gasteiger partial charge in [0.25, 0.3) is 0 Å². The van der Waals surface area contributed by atoms with E-state index >= 15 is 0 Å². The van der Waals surface area contributed by atoms with Crippen LogP contribution in [0.2, 0.25) is 0 Å². The first-order valence-electron chi connectivity index (χ1n) is 14.5. The number of carbonyl (C=O) groups excluding carboxylic acids is 3. The van der Waals surface area contributed by atoms with Crippen LogP contribution < -0.4 is 10.6 Å². The summed E-state index contributed by atoms with van der Waals surface area (Å²) in [4.78, 5) is 43.0. The number of hydrogen-bond donors (Lipinski definition) is 3. The van der Waals surface area contributed by atoms with Crippen molar-refractivity contribution in [3.8, 4) is 0 Å². The molecule has 216 valence electrons. The summed E-state index contributed by atoms with van der Waals surface area (Å²) in [5.41, 5.74) is 0.971. The summed E-state index contributed by atoms with van der Waals surface area (Å²) in [6.45, 7) is 5.01. The highest BCUT2D eigenvalue weighted by Crippen LogP contribution is 2.34. The summed E-state index contributed by atoms with van der Waals surface area (Å²) in [6.07, 6.45) is 2.71. The summed E-state index contributed by atoms with van der Waals surface area (Å²) in [7, 11) is 0. The number of piperidine rings is 1. The highest BCUT2D eigenvalue weighted by molar-refractivity contribution is 6.00. The number of aliphatic hydroxyl groups is 1. The zero-order valence-corrected chi connectivity index (χ0v) is 23.4. The van der Waals surface area contributed by atoms with Crippen molar-refractivity contribution < 1.29 is 24.2 Å². The first-order valence-corrected chi connectivity index (χ1v) is 14.5. The summed E-state index contributed by atoms with van der Waals surface area (Å²) in [5.74, 6) is -0.0918. The second kappa shape index (κ2) is 14.3. The van der Waals surface area contributed by atoms with Gasteiger partial charge in [-0.15, -0.1) is 0 Å². The molecule has 0 aliphatic carbocycles. The van der Waals surface area contributed by atoms with Crippen LogP contribution in [0.5, 0.6) is 0 Å². The van der Waals surface area contributed by atoms with Crippen molar-refractivity contribution in [1.82, 2.24) is 20.4 Å². The number of rotatable bonds is 12. The van der Waals surface area contributed by atoms with E-state index in [-0.39, 0.29) is 18.4 Å². The summed E-state index contributed by atoms with van der Waals surface area (Å²) >= 11 is 0. The lowest BCUT2D eigenvalue weighted by Crippen LogP contribution is -2.72. The Labute approximate surface area is 236 Å². The molecule has 1 unspecified atom stereocenters. The summed E-state index contributed by atoms with van der Waals surface area (Å²) in [6, 6.07) is 18.5. The molecule has 9 nitrogen and oxygen atoms in total. The number of unbranched alkanes of at least 4 members (excludes halogenated alkanes) is 1. The minimum atomic E-state index is -0.831. The third-order valence-electron chi connectivity index (χ3n) is 7.96. The fraction of sp³-hybridized carbons (Fsp3) is 0.516. The van der Waals surface area contributed by atoms with Crippen molar-refractivity contribution in [3.63, 3.8) is 0 Å². The standard InChI is InChI=1S/C31H42N4O5/c1-2-19-35-28(37)26(15-9-10-18-32-30(39)40-23-24-11-5-3-6-12-24)33-29(38)31(35)16-20-34(21-17-31)22-27(36)25-13-7-4-8-14-25/h3-8,11-14,26-27,36H,2,9-10,15-23H2,1H3,(H,32,39)(H,33,38)/t26-,27?/m0/s1. The van der Waals surface area contributed by atoms with Gasteiger partial charge in [-0.1, -0.05) is 67.6 Å². The Hall–Kier alpha value is -3.43. The SMILES string of the molecule is CCCN1C(=O)[C@H](CCCCNC(=O)OCc2ccccc2)NC(=O)C12CCN(CC(O)c1ccccc1)CC2. The molecule has 2 heterocycles. The van der Waals surface area contributed by atoms with Gasteiger partial charge in [-0.3, -0.25) is 9.59 Å². The molecule has 40 heavy (non-hydrogen) atoms. The molecular formula is C31H42N4O5. The van der Waals surface area contributed by atoms with Crippen LogP contribution in [-0.2, 0) is 20.9 Å². The number of hydrogen-bond acceptors (Lipinski definition) is 6. The van der Waals surface area contributed by atoms with E-state index in [1.165, 1.54) is 0 Å². The van der Waals surface area contributed by atoms with Crippen molar-refractivity contribution >= 4 is 17.9 Å². The number of aliphatic hydroxyl groups excluding tert-OH is 1. The molecule has 2 fully saturated rings. The lowest BCUT2D eigenvalue weighted by atomic mass is 9.81. The third-order valence-corrected chi connectivity index (χ3v) is 7.96. The van der Waals surface area contributed by atoms with Crippen LogP contribution in [0.4, 0.5) is 4.79 Å². The van der Waals surface area contributed by atoms with E-state index < -0.39 is 23.8 Å². The van der Waals surface area contributed by atoms with Crippen LogP contribution in [0.1, 0.15) is 62.7 Å². The zero-order valence-electron chi connectivity index (χ0n) is 23.4. The average Bonchev–Trinajstić information content (AvgIpc) is 2.98. The van der Waals surface area contributed by atoms with E-state index in [1.54, 1.807) is 0 Å². The minimum Gasteiger partial charge on any atom is -0.445 e. The number of benzene rings is 2. The quantitative estimate of drug-likeness (QED) is 0.350. The number of carbonyl (C=O) groups is 3. The van der Waals surface area contributed by atoms with E-state index in [0.29, 0.717) is 64.8 Å². The van der Waals surface area contributed by atoms with Gasteiger partial charge in [0.2, 0.25) is 11.8 Å². The van der Waals surface area contributed by atoms with Crippen molar-refractivity contribution in [1.29, 1.82) is 0 Å². The molecule has 2 atom stereocenters. The van der Waals surface area contributed by atoms with E-state index in [9.17, 15) is 19.5 Å². The second-order valence-corrected chi connectivity index (χ2v) is 10.8. The van der Waals surface area contributed by atoms with Gasteiger partial charge in [-0.05, 0) is 49.7 Å². The topological polar surface area (TPSA) is 111 Å². The molecule has 1 spiro atoms. The van der Waals surface area contributed by atoms with Gasteiger partial charge in [0.05, 0.1) is 6.10 Å². The number of likely N-dealkylation sites (tertiary alicyclic amines) is 1. The number of ether oxygens (including phenoxy) is 1. The van der Waals surface area contributed by atoms with Gasteiger partial charge in [-0.2, -0.15) is 0 Å². The van der Waals surface area contributed by atoms with Crippen molar-refractivity contribution in [3.05, 3.63) is 71.8 Å². The Morgan fingerprint density at radius 2 is 1.75 bits per heavy atom. The first kappa shape index (κ1) is 29.6. The Morgan fingerprint density at radius 3 is 2.42 bits per heavy atom. The van der Waals surface area contributed by atoms with Crippen LogP contribution >= 0.6 is 0 Å². The summed E-state index contributed by atoms with van der Waals surface area (Å²) in [5, 5.41) is 16.4. The minimum absolute atomic E-state index is 0.0190. The number of piperazine rings is 1. The third kappa shape index (κ3) is 7.40. The van der Waals surface area contributed by atoms with Gasteiger partial charge in [-0.25, -0.2) is 4.79 Å². The van der Waals surface area contributed by atoms with Crippen molar-refractivity contribution in [2.45, 2.75) is 69.7 Å². The van der Waals surface area contributed by atoms with Gasteiger partial charge in [0, 0.05) is 32.7 Å². The summed E-state index contributed by atoms with van der Waals surface area (Å²) < 4.78 is 5.23. The Bertz CT molecular complexity index is 1110. The molecule has 3 N–H and O–H groups in total. The van der Waals surface area contributed by atoms with Crippen molar-refractivity contribution in [2.75, 3.05) is 32.7 Å². The number of β-amino-alcohol motifs (C(OH)–C–C–N with tert-alkyl or cyclic N) is 1. The molecule has 3 amide bonds. The highest BCUT2D eigenvalue weighted by atomic mass is 16.5. The van der Waals surface area contributed by atoms with Crippen LogP contribution in [0.15, 0.2) is 60.7 Å². The molecule has 0 bridgehead atoms. The maximum Gasteiger partial charge on any atom is 0.407 e. The number of nitrogens with zero attached hydrogens (tertiary/aromatic N) is 2. The molecule has 0 radical (unpaired) electrons.